The van der Waals surface area contributed by atoms with Crippen LogP contribution in [-0.4, -0.2) is 13.2 Å². The van der Waals surface area contributed by atoms with Gasteiger partial charge in [0, 0.05) is 11.0 Å². The van der Waals surface area contributed by atoms with Gasteiger partial charge >= 0.3 is 0 Å². The molecule has 3 rings (SSSR count). The summed E-state index contributed by atoms with van der Waals surface area (Å²) in [4.78, 5) is 0. The lowest BCUT2D eigenvalue weighted by Crippen LogP contribution is -2.18. The highest BCUT2D eigenvalue weighted by Crippen LogP contribution is 2.48. The van der Waals surface area contributed by atoms with Gasteiger partial charge in [0.1, 0.15) is 5.75 Å². The lowest BCUT2D eigenvalue weighted by Gasteiger charge is -2.22. The van der Waals surface area contributed by atoms with Crippen LogP contribution in [0.1, 0.15) is 44.6 Å². The highest BCUT2D eigenvalue weighted by molar-refractivity contribution is 9.10. The highest BCUT2D eigenvalue weighted by Gasteiger charge is 2.39. The third-order valence-electron chi connectivity index (χ3n) is 5.11. The van der Waals surface area contributed by atoms with E-state index in [1.54, 1.807) is 0 Å². The minimum atomic E-state index is 0.800. The molecule has 2 fully saturated rings. The predicted molar refractivity (Wildman–Crippen MR) is 90.6 cm³/mol. The van der Waals surface area contributed by atoms with E-state index in [0.717, 1.165) is 49.6 Å². The molecule has 21 heavy (non-hydrogen) atoms. The van der Waals surface area contributed by atoms with Gasteiger partial charge in [0.05, 0.1) is 6.61 Å². The lowest BCUT2D eigenvalue weighted by molar-refractivity contribution is 0.195. The van der Waals surface area contributed by atoms with Crippen LogP contribution < -0.4 is 10.1 Å². The number of benzene rings is 1. The van der Waals surface area contributed by atoms with Gasteiger partial charge in [0.15, 0.2) is 0 Å². The van der Waals surface area contributed by atoms with Crippen molar-refractivity contribution >= 4 is 15.9 Å². The Balaban J connectivity index is 1.54. The van der Waals surface area contributed by atoms with E-state index in [1.807, 2.05) is 0 Å². The Kier molecular flexibility index (Phi) is 5.23. The number of fused-ring (bicyclic) bond motifs is 2. The molecule has 0 aliphatic heterocycles. The number of nitrogens with one attached hydrogen (secondary N) is 1. The van der Waals surface area contributed by atoms with Crippen LogP contribution in [-0.2, 0) is 6.54 Å². The first-order chi connectivity index (χ1) is 10.3. The molecule has 2 saturated carbocycles. The molecule has 3 unspecified atom stereocenters. The molecule has 0 heterocycles. The Hall–Kier alpha value is -0.540. The average molecular weight is 352 g/mol. The molecular weight excluding hydrogens is 326 g/mol. The van der Waals surface area contributed by atoms with Gasteiger partial charge in [-0.05, 0) is 73.7 Å². The van der Waals surface area contributed by atoms with Crippen molar-refractivity contribution in [3.63, 3.8) is 0 Å². The van der Waals surface area contributed by atoms with Crippen molar-refractivity contribution < 1.29 is 4.74 Å². The molecule has 116 valence electrons. The molecule has 0 amide bonds. The monoisotopic (exact) mass is 351 g/mol. The van der Waals surface area contributed by atoms with Crippen LogP contribution in [0.4, 0.5) is 0 Å². The van der Waals surface area contributed by atoms with Crippen LogP contribution in [0.15, 0.2) is 22.7 Å². The van der Waals surface area contributed by atoms with E-state index >= 15 is 0 Å². The maximum atomic E-state index is 6.10. The van der Waals surface area contributed by atoms with Crippen LogP contribution >= 0.6 is 15.9 Å². The first kappa shape index (κ1) is 15.4. The smallest absolute Gasteiger partial charge is 0.119 e. The summed E-state index contributed by atoms with van der Waals surface area (Å²) in [6.07, 6.45) is 6.92. The number of halogens is 1. The van der Waals surface area contributed by atoms with E-state index in [0.29, 0.717) is 0 Å². The molecule has 0 radical (unpaired) electrons. The third kappa shape index (κ3) is 3.81. The largest absolute Gasteiger partial charge is 0.493 e. The first-order valence-corrected chi connectivity index (χ1v) is 9.17. The summed E-state index contributed by atoms with van der Waals surface area (Å²) in [7, 11) is 0. The summed E-state index contributed by atoms with van der Waals surface area (Å²) < 4.78 is 7.26. The van der Waals surface area contributed by atoms with E-state index in [1.165, 1.54) is 35.7 Å². The van der Waals surface area contributed by atoms with Crippen LogP contribution in [0.5, 0.6) is 5.75 Å². The number of hydrogen-bond acceptors (Lipinski definition) is 2. The second kappa shape index (κ2) is 7.15. The molecule has 2 aliphatic rings. The number of ether oxygens (including phenoxy) is 1. The Morgan fingerprint density at radius 1 is 1.29 bits per heavy atom. The fourth-order valence-electron chi connectivity index (χ4n) is 3.96. The van der Waals surface area contributed by atoms with Crippen molar-refractivity contribution in [3.8, 4) is 5.75 Å². The average Bonchev–Trinajstić information content (AvgIpc) is 3.10. The molecular formula is C18H26BrNO. The number of hydrogen-bond donors (Lipinski definition) is 1. The van der Waals surface area contributed by atoms with Gasteiger partial charge in [-0.15, -0.1) is 0 Å². The van der Waals surface area contributed by atoms with Gasteiger partial charge in [-0.3, -0.25) is 0 Å². The van der Waals surface area contributed by atoms with Crippen molar-refractivity contribution in [1.29, 1.82) is 0 Å². The summed E-state index contributed by atoms with van der Waals surface area (Å²) in [6.45, 7) is 5.06. The van der Waals surface area contributed by atoms with Gasteiger partial charge in [0.2, 0.25) is 0 Å². The Morgan fingerprint density at radius 3 is 2.90 bits per heavy atom. The van der Waals surface area contributed by atoms with E-state index in [4.69, 9.17) is 4.74 Å². The van der Waals surface area contributed by atoms with Gasteiger partial charge in [-0.1, -0.05) is 29.3 Å². The first-order valence-electron chi connectivity index (χ1n) is 8.38. The summed E-state index contributed by atoms with van der Waals surface area (Å²) in [5.74, 6) is 3.77. The highest BCUT2D eigenvalue weighted by atomic mass is 79.9. The molecule has 1 aromatic carbocycles. The molecule has 0 spiro atoms. The summed E-state index contributed by atoms with van der Waals surface area (Å²) >= 11 is 3.63. The Morgan fingerprint density at radius 2 is 2.19 bits per heavy atom. The van der Waals surface area contributed by atoms with Crippen LogP contribution in [0.25, 0.3) is 0 Å². The van der Waals surface area contributed by atoms with Crippen LogP contribution in [0.2, 0.25) is 0 Å². The minimum Gasteiger partial charge on any atom is -0.493 e. The molecule has 2 nitrogen and oxygen atoms in total. The molecule has 2 aliphatic carbocycles. The SMILES string of the molecule is CCCNCc1cc(OCC2CC3CCC2C3)ccc1Br. The minimum absolute atomic E-state index is 0.800. The van der Waals surface area contributed by atoms with Gasteiger partial charge in [0.25, 0.3) is 0 Å². The fraction of sp³-hybridized carbons (Fsp3) is 0.667. The molecule has 0 saturated heterocycles. The number of rotatable bonds is 7. The molecule has 0 aromatic heterocycles. The standard InChI is InChI=1S/C18H26BrNO/c1-2-7-20-11-15-10-17(5-6-18(15)19)21-12-16-9-13-3-4-14(16)8-13/h5-6,10,13-14,16,20H,2-4,7-9,11-12H2,1H3. The second-order valence-corrected chi connectivity index (χ2v) is 7.53. The van der Waals surface area contributed by atoms with Crippen molar-refractivity contribution in [1.82, 2.24) is 5.32 Å². The zero-order valence-corrected chi connectivity index (χ0v) is 14.5. The van der Waals surface area contributed by atoms with Crippen LogP contribution in [0.3, 0.4) is 0 Å². The molecule has 3 atom stereocenters. The molecule has 1 N–H and O–H groups in total. The molecule has 2 bridgehead atoms. The van der Waals surface area contributed by atoms with Crippen LogP contribution in [0, 0.1) is 17.8 Å². The van der Waals surface area contributed by atoms with E-state index in [2.05, 4.69) is 46.4 Å². The predicted octanol–water partition coefficient (Wildman–Crippen LogP) is 4.76. The lowest BCUT2D eigenvalue weighted by atomic mass is 9.89. The second-order valence-electron chi connectivity index (χ2n) is 6.68. The molecule has 3 heteroatoms. The van der Waals surface area contributed by atoms with E-state index in [9.17, 15) is 0 Å². The molecule has 1 aromatic rings. The van der Waals surface area contributed by atoms with Gasteiger partial charge in [-0.25, -0.2) is 0 Å². The zero-order valence-electron chi connectivity index (χ0n) is 12.9. The van der Waals surface area contributed by atoms with Crippen molar-refractivity contribution in [3.05, 3.63) is 28.2 Å². The van der Waals surface area contributed by atoms with Crippen molar-refractivity contribution in [2.75, 3.05) is 13.2 Å². The summed E-state index contributed by atoms with van der Waals surface area (Å²) in [5.41, 5.74) is 1.29. The van der Waals surface area contributed by atoms with E-state index in [-0.39, 0.29) is 0 Å². The Labute approximate surface area is 136 Å². The summed E-state index contributed by atoms with van der Waals surface area (Å²) in [6, 6.07) is 6.37. The van der Waals surface area contributed by atoms with Gasteiger partial charge < -0.3 is 10.1 Å². The summed E-state index contributed by atoms with van der Waals surface area (Å²) in [5, 5.41) is 3.45. The maximum Gasteiger partial charge on any atom is 0.119 e. The van der Waals surface area contributed by atoms with Gasteiger partial charge in [-0.2, -0.15) is 0 Å². The topological polar surface area (TPSA) is 21.3 Å². The Bertz CT molecular complexity index is 476. The van der Waals surface area contributed by atoms with E-state index < -0.39 is 0 Å². The quantitative estimate of drug-likeness (QED) is 0.714. The van der Waals surface area contributed by atoms with Crippen molar-refractivity contribution in [2.45, 2.75) is 45.6 Å². The fourth-order valence-corrected chi connectivity index (χ4v) is 4.35. The zero-order chi connectivity index (χ0) is 14.7. The third-order valence-corrected chi connectivity index (χ3v) is 5.88. The maximum absolute atomic E-state index is 6.10. The van der Waals surface area contributed by atoms with Crippen molar-refractivity contribution in [2.24, 2.45) is 17.8 Å². The normalized spacial score (nSPS) is 27.2.